The summed E-state index contributed by atoms with van der Waals surface area (Å²) in [5, 5.41) is 3.17. The van der Waals surface area contributed by atoms with Crippen LogP contribution in [0, 0.1) is 12.8 Å². The fourth-order valence-corrected chi connectivity index (χ4v) is 5.37. The van der Waals surface area contributed by atoms with Crippen LogP contribution in [0.15, 0.2) is 41.3 Å². The van der Waals surface area contributed by atoms with Crippen molar-refractivity contribution in [3.63, 3.8) is 0 Å². The maximum atomic E-state index is 13.0. The number of anilines is 1. The quantitative estimate of drug-likeness (QED) is 0.664. The van der Waals surface area contributed by atoms with Crippen molar-refractivity contribution in [1.82, 2.24) is 4.31 Å². The molecule has 0 atom stereocenters. The minimum absolute atomic E-state index is 0.119. The molecule has 2 aromatic carbocycles. The van der Waals surface area contributed by atoms with Gasteiger partial charge in [0, 0.05) is 19.0 Å². The Morgan fingerprint density at radius 3 is 2.45 bits per heavy atom. The van der Waals surface area contributed by atoms with Crippen LogP contribution in [-0.2, 0) is 14.8 Å². The van der Waals surface area contributed by atoms with Crippen molar-refractivity contribution < 1.29 is 22.7 Å². The molecule has 31 heavy (non-hydrogen) atoms. The lowest BCUT2D eigenvalue weighted by molar-refractivity contribution is -0.120. The fraction of sp³-hybridized carbons (Fsp3) is 0.409. The van der Waals surface area contributed by atoms with Crippen LogP contribution in [0.5, 0.6) is 11.5 Å². The highest BCUT2D eigenvalue weighted by molar-refractivity contribution is 7.89. The monoisotopic (exact) mass is 466 g/mol. The van der Waals surface area contributed by atoms with Crippen molar-refractivity contribution in [2.45, 2.75) is 31.6 Å². The number of piperidine rings is 1. The Labute approximate surface area is 188 Å². The number of nitrogens with zero attached hydrogens (tertiary/aromatic N) is 1. The molecule has 1 aliphatic heterocycles. The third kappa shape index (κ3) is 5.31. The van der Waals surface area contributed by atoms with Crippen molar-refractivity contribution in [2.75, 3.05) is 32.1 Å². The second kappa shape index (κ2) is 9.89. The second-order valence-corrected chi connectivity index (χ2v) is 9.74. The van der Waals surface area contributed by atoms with Gasteiger partial charge in [0.25, 0.3) is 0 Å². The highest BCUT2D eigenvalue weighted by Crippen LogP contribution is 2.31. The number of ether oxygens (including phenoxy) is 2. The van der Waals surface area contributed by atoms with E-state index in [1.807, 2.05) is 32.0 Å². The Kier molecular flexibility index (Phi) is 7.46. The summed E-state index contributed by atoms with van der Waals surface area (Å²) < 4.78 is 38.1. The number of hydrogen-bond acceptors (Lipinski definition) is 5. The Balaban J connectivity index is 1.65. The highest BCUT2D eigenvalue weighted by atomic mass is 35.5. The summed E-state index contributed by atoms with van der Waals surface area (Å²) in [5.41, 5.74) is 1.62. The first-order valence-corrected chi connectivity index (χ1v) is 12.0. The molecule has 0 unspecified atom stereocenters. The summed E-state index contributed by atoms with van der Waals surface area (Å²) in [6.07, 6.45) is 0.869. The van der Waals surface area contributed by atoms with Crippen molar-refractivity contribution in [3.8, 4) is 11.5 Å². The van der Waals surface area contributed by atoms with Crippen LogP contribution in [0.2, 0.25) is 5.02 Å². The SMILES string of the molecule is CCOc1ccc(S(=O)(=O)N2CCC(C(=O)Nc3cc(C)ccc3OC)CC2)cc1Cl. The molecule has 7 nitrogen and oxygen atoms in total. The Morgan fingerprint density at radius 2 is 1.84 bits per heavy atom. The van der Waals surface area contributed by atoms with Crippen molar-refractivity contribution in [3.05, 3.63) is 47.0 Å². The summed E-state index contributed by atoms with van der Waals surface area (Å²) in [4.78, 5) is 12.9. The van der Waals surface area contributed by atoms with Gasteiger partial charge in [-0.3, -0.25) is 4.79 Å². The van der Waals surface area contributed by atoms with E-state index in [1.54, 1.807) is 13.2 Å². The van der Waals surface area contributed by atoms with Crippen LogP contribution in [-0.4, -0.2) is 45.4 Å². The number of sulfonamides is 1. The second-order valence-electron chi connectivity index (χ2n) is 7.40. The van der Waals surface area contributed by atoms with Gasteiger partial charge in [0.15, 0.2) is 0 Å². The Hall–Kier alpha value is -2.29. The van der Waals surface area contributed by atoms with E-state index in [9.17, 15) is 13.2 Å². The zero-order valence-electron chi connectivity index (χ0n) is 17.9. The van der Waals surface area contributed by atoms with Gasteiger partial charge in [-0.05, 0) is 62.6 Å². The number of aryl methyl sites for hydroxylation is 1. The fourth-order valence-electron chi connectivity index (χ4n) is 3.58. The molecule has 168 valence electrons. The molecule has 0 spiro atoms. The first-order chi connectivity index (χ1) is 14.8. The molecule has 1 fully saturated rings. The van der Waals surface area contributed by atoms with E-state index in [2.05, 4.69) is 5.32 Å². The van der Waals surface area contributed by atoms with Crippen molar-refractivity contribution in [2.24, 2.45) is 5.92 Å². The topological polar surface area (TPSA) is 84.9 Å². The predicted molar refractivity (Wildman–Crippen MR) is 120 cm³/mol. The molecular formula is C22H27ClN2O5S. The standard InChI is InChI=1S/C22H27ClN2O5S/c1-4-30-20-8-6-17(14-18(20)23)31(27,28)25-11-9-16(10-12-25)22(26)24-19-13-15(2)5-7-21(19)29-3/h5-8,13-14,16H,4,9-12H2,1-3H3,(H,24,26). The number of methoxy groups -OCH3 is 1. The van der Waals surface area contributed by atoms with Gasteiger partial charge < -0.3 is 14.8 Å². The van der Waals surface area contributed by atoms with Crippen LogP contribution < -0.4 is 14.8 Å². The molecular weight excluding hydrogens is 440 g/mol. The van der Waals surface area contributed by atoms with Crippen LogP contribution in [0.3, 0.4) is 0 Å². The highest BCUT2D eigenvalue weighted by Gasteiger charge is 2.32. The van der Waals surface area contributed by atoms with Gasteiger partial charge in [-0.1, -0.05) is 17.7 Å². The van der Waals surface area contributed by atoms with Gasteiger partial charge in [0.1, 0.15) is 11.5 Å². The van der Waals surface area contributed by atoms with E-state index in [0.717, 1.165) is 5.56 Å². The number of rotatable bonds is 7. The summed E-state index contributed by atoms with van der Waals surface area (Å²) in [6, 6.07) is 10.0. The number of carbonyl (C=O) groups excluding carboxylic acids is 1. The van der Waals surface area contributed by atoms with Gasteiger partial charge in [-0.25, -0.2) is 8.42 Å². The molecule has 3 rings (SSSR count). The average Bonchev–Trinajstić information content (AvgIpc) is 2.75. The third-order valence-electron chi connectivity index (χ3n) is 5.28. The number of carbonyl (C=O) groups is 1. The molecule has 0 aliphatic carbocycles. The van der Waals surface area contributed by atoms with Crippen molar-refractivity contribution >= 4 is 33.2 Å². The number of hydrogen-bond donors (Lipinski definition) is 1. The molecule has 0 aromatic heterocycles. The van der Waals surface area contributed by atoms with Crippen molar-refractivity contribution in [1.29, 1.82) is 0 Å². The Morgan fingerprint density at radius 1 is 1.16 bits per heavy atom. The van der Waals surface area contributed by atoms with Gasteiger partial charge in [0.05, 0.1) is 29.3 Å². The zero-order valence-corrected chi connectivity index (χ0v) is 19.4. The largest absolute Gasteiger partial charge is 0.495 e. The Bertz CT molecular complexity index is 1050. The van der Waals surface area contributed by atoms with Crippen LogP contribution in [0.4, 0.5) is 5.69 Å². The van der Waals surface area contributed by atoms with E-state index in [-0.39, 0.29) is 34.8 Å². The lowest BCUT2D eigenvalue weighted by Crippen LogP contribution is -2.41. The maximum Gasteiger partial charge on any atom is 0.243 e. The first kappa shape index (κ1) is 23.4. The minimum atomic E-state index is -3.70. The summed E-state index contributed by atoms with van der Waals surface area (Å²) in [7, 11) is -2.15. The number of nitrogens with one attached hydrogen (secondary N) is 1. The van der Waals surface area contributed by atoms with Gasteiger partial charge in [-0.2, -0.15) is 4.31 Å². The molecule has 0 radical (unpaired) electrons. The van der Waals surface area contributed by atoms with E-state index < -0.39 is 10.0 Å². The smallest absolute Gasteiger partial charge is 0.243 e. The molecule has 1 N–H and O–H groups in total. The third-order valence-corrected chi connectivity index (χ3v) is 7.47. The molecule has 1 saturated heterocycles. The molecule has 1 aliphatic rings. The minimum Gasteiger partial charge on any atom is -0.495 e. The zero-order chi connectivity index (χ0) is 22.6. The van der Waals surface area contributed by atoms with Crippen LogP contribution in [0.25, 0.3) is 0 Å². The number of benzene rings is 2. The molecule has 1 heterocycles. The van der Waals surface area contributed by atoms with E-state index in [1.165, 1.54) is 16.4 Å². The van der Waals surface area contributed by atoms with Gasteiger partial charge in [0.2, 0.25) is 15.9 Å². The number of amides is 1. The van der Waals surface area contributed by atoms with Crippen LogP contribution in [0.1, 0.15) is 25.3 Å². The normalized spacial score (nSPS) is 15.5. The summed E-state index contributed by atoms with van der Waals surface area (Å²) in [6.45, 7) is 4.73. The molecule has 2 aromatic rings. The lowest BCUT2D eigenvalue weighted by atomic mass is 9.97. The molecule has 0 saturated carbocycles. The molecule has 9 heteroatoms. The van der Waals surface area contributed by atoms with E-state index >= 15 is 0 Å². The molecule has 0 bridgehead atoms. The maximum absolute atomic E-state index is 13.0. The lowest BCUT2D eigenvalue weighted by Gasteiger charge is -2.30. The molecule has 1 amide bonds. The van der Waals surface area contributed by atoms with Gasteiger partial charge >= 0.3 is 0 Å². The summed E-state index contributed by atoms with van der Waals surface area (Å²) >= 11 is 6.16. The van der Waals surface area contributed by atoms with E-state index in [4.69, 9.17) is 21.1 Å². The van der Waals surface area contributed by atoms with Gasteiger partial charge in [-0.15, -0.1) is 0 Å². The number of halogens is 1. The first-order valence-electron chi connectivity index (χ1n) is 10.1. The van der Waals surface area contributed by atoms with Crippen LogP contribution >= 0.6 is 11.6 Å². The summed E-state index contributed by atoms with van der Waals surface area (Å²) in [5.74, 6) is 0.627. The average molecular weight is 467 g/mol. The predicted octanol–water partition coefficient (Wildman–Crippen LogP) is 4.10. The van der Waals surface area contributed by atoms with E-state index in [0.29, 0.717) is 36.6 Å².